The van der Waals surface area contributed by atoms with Gasteiger partial charge in [0.1, 0.15) is 5.82 Å². The number of fused-ring (bicyclic) bond motifs is 1. The van der Waals surface area contributed by atoms with Crippen LogP contribution in [0.2, 0.25) is 5.02 Å². The molecule has 1 amide bonds. The van der Waals surface area contributed by atoms with Gasteiger partial charge in [0.15, 0.2) is 5.43 Å². The molecule has 0 spiro atoms. The SMILES string of the molecule is CCN(c1cc(Cl)cc(C(=O)NCc2c(C)n3c(cc2=O)N=C(C)C3)c1C)C1CCC(N(C)C)CC1. The van der Waals surface area contributed by atoms with E-state index in [0.29, 0.717) is 40.6 Å². The van der Waals surface area contributed by atoms with E-state index in [1.807, 2.05) is 31.4 Å². The highest BCUT2D eigenvalue weighted by molar-refractivity contribution is 6.31. The summed E-state index contributed by atoms with van der Waals surface area (Å²) in [6.07, 6.45) is 4.58. The maximum atomic E-state index is 13.3. The second kappa shape index (κ2) is 10.8. The number of aliphatic imine (C=N–C) groups is 1. The molecular weight excluding hydrogens is 474 g/mol. The smallest absolute Gasteiger partial charge is 0.251 e. The third kappa shape index (κ3) is 5.23. The van der Waals surface area contributed by atoms with Crippen molar-refractivity contribution in [2.24, 2.45) is 4.99 Å². The van der Waals surface area contributed by atoms with Gasteiger partial charge in [0.05, 0.1) is 6.54 Å². The lowest BCUT2D eigenvalue weighted by molar-refractivity contribution is 0.0950. The Morgan fingerprint density at radius 2 is 1.78 bits per heavy atom. The van der Waals surface area contributed by atoms with Crippen molar-refractivity contribution in [2.45, 2.75) is 78.6 Å². The summed E-state index contributed by atoms with van der Waals surface area (Å²) < 4.78 is 2.02. The van der Waals surface area contributed by atoms with E-state index in [2.05, 4.69) is 41.1 Å². The molecule has 1 N–H and O–H groups in total. The van der Waals surface area contributed by atoms with E-state index >= 15 is 0 Å². The van der Waals surface area contributed by atoms with Gasteiger partial charge < -0.3 is 19.7 Å². The highest BCUT2D eigenvalue weighted by Gasteiger charge is 2.28. The molecule has 194 valence electrons. The first-order valence-electron chi connectivity index (χ1n) is 12.9. The summed E-state index contributed by atoms with van der Waals surface area (Å²) in [5.74, 6) is 0.458. The van der Waals surface area contributed by atoms with E-state index in [9.17, 15) is 9.59 Å². The van der Waals surface area contributed by atoms with Crippen molar-refractivity contribution >= 4 is 34.7 Å². The second-order valence-corrected chi connectivity index (χ2v) is 10.8. The van der Waals surface area contributed by atoms with Gasteiger partial charge in [0.25, 0.3) is 5.91 Å². The number of rotatable bonds is 7. The fraction of sp³-hybridized carbons (Fsp3) is 0.536. The van der Waals surface area contributed by atoms with E-state index in [1.165, 1.54) is 12.8 Å². The monoisotopic (exact) mass is 511 g/mol. The number of pyridine rings is 1. The summed E-state index contributed by atoms with van der Waals surface area (Å²) in [6.45, 7) is 9.70. The van der Waals surface area contributed by atoms with Crippen molar-refractivity contribution in [2.75, 3.05) is 25.5 Å². The first-order chi connectivity index (χ1) is 17.1. The summed E-state index contributed by atoms with van der Waals surface area (Å²) in [5.41, 5.74) is 4.78. The Hall–Kier alpha value is -2.64. The molecular formula is C28H38ClN5O2. The molecule has 0 atom stereocenters. The molecule has 0 unspecified atom stereocenters. The van der Waals surface area contributed by atoms with Crippen LogP contribution >= 0.6 is 11.6 Å². The molecule has 1 aliphatic heterocycles. The number of benzene rings is 1. The zero-order valence-electron chi connectivity index (χ0n) is 22.3. The summed E-state index contributed by atoms with van der Waals surface area (Å²) in [6, 6.07) is 6.32. The number of carbonyl (C=O) groups excluding carboxylic acids is 1. The van der Waals surface area contributed by atoms with Crippen LogP contribution in [0.5, 0.6) is 0 Å². The average Bonchev–Trinajstić information content (AvgIpc) is 3.21. The fourth-order valence-electron chi connectivity index (χ4n) is 5.74. The van der Waals surface area contributed by atoms with Crippen molar-refractivity contribution in [1.29, 1.82) is 0 Å². The Kier molecular flexibility index (Phi) is 7.90. The molecule has 2 aromatic rings. The Morgan fingerprint density at radius 3 is 2.42 bits per heavy atom. The maximum absolute atomic E-state index is 13.3. The number of nitrogens with zero attached hydrogens (tertiary/aromatic N) is 4. The van der Waals surface area contributed by atoms with Gasteiger partial charge in [0.2, 0.25) is 0 Å². The van der Waals surface area contributed by atoms with Crippen LogP contribution in [-0.4, -0.2) is 53.8 Å². The van der Waals surface area contributed by atoms with Crippen LogP contribution in [-0.2, 0) is 13.1 Å². The number of carbonyl (C=O) groups is 1. The summed E-state index contributed by atoms with van der Waals surface area (Å²) in [5, 5.41) is 3.52. The van der Waals surface area contributed by atoms with Crippen molar-refractivity contribution < 1.29 is 4.79 Å². The third-order valence-electron chi connectivity index (χ3n) is 7.87. The Bertz CT molecular complexity index is 1240. The van der Waals surface area contributed by atoms with Crippen LogP contribution in [0, 0.1) is 13.8 Å². The molecule has 0 saturated heterocycles. The Balaban J connectivity index is 1.54. The normalized spacial score (nSPS) is 19.3. The molecule has 0 radical (unpaired) electrons. The molecule has 1 saturated carbocycles. The number of hydrogen-bond donors (Lipinski definition) is 1. The number of hydrogen-bond acceptors (Lipinski definition) is 5. The Labute approximate surface area is 219 Å². The van der Waals surface area contributed by atoms with Gasteiger partial charge in [-0.2, -0.15) is 0 Å². The van der Waals surface area contributed by atoms with Crippen LogP contribution < -0.4 is 15.6 Å². The predicted molar refractivity (Wildman–Crippen MR) is 148 cm³/mol. The molecule has 2 heterocycles. The van der Waals surface area contributed by atoms with E-state index < -0.39 is 0 Å². The number of halogens is 1. The maximum Gasteiger partial charge on any atom is 0.251 e. The zero-order valence-corrected chi connectivity index (χ0v) is 23.1. The van der Waals surface area contributed by atoms with E-state index in [1.54, 1.807) is 12.1 Å². The minimum absolute atomic E-state index is 0.105. The van der Waals surface area contributed by atoms with Gasteiger partial charge in [-0.3, -0.25) is 9.59 Å². The largest absolute Gasteiger partial charge is 0.369 e. The molecule has 1 aromatic carbocycles. The highest BCUT2D eigenvalue weighted by atomic mass is 35.5. The van der Waals surface area contributed by atoms with Gasteiger partial charge in [-0.25, -0.2) is 4.99 Å². The molecule has 1 fully saturated rings. The van der Waals surface area contributed by atoms with Crippen LogP contribution in [0.15, 0.2) is 28.0 Å². The second-order valence-electron chi connectivity index (χ2n) is 10.4. The zero-order chi connectivity index (χ0) is 26.1. The van der Waals surface area contributed by atoms with Crippen LogP contribution in [0.1, 0.15) is 66.7 Å². The molecule has 0 bridgehead atoms. The summed E-state index contributed by atoms with van der Waals surface area (Å²) in [4.78, 5) is 35.2. The lowest BCUT2D eigenvalue weighted by Gasteiger charge is -2.40. The van der Waals surface area contributed by atoms with Crippen molar-refractivity contribution in [3.63, 3.8) is 0 Å². The van der Waals surface area contributed by atoms with Gasteiger partial charge in [-0.15, -0.1) is 0 Å². The average molecular weight is 512 g/mol. The minimum Gasteiger partial charge on any atom is -0.369 e. The number of aromatic nitrogens is 1. The number of nitrogens with one attached hydrogen (secondary N) is 1. The molecule has 2 aliphatic rings. The third-order valence-corrected chi connectivity index (χ3v) is 8.09. The van der Waals surface area contributed by atoms with Gasteiger partial charge >= 0.3 is 0 Å². The van der Waals surface area contributed by atoms with Crippen LogP contribution in [0.3, 0.4) is 0 Å². The van der Waals surface area contributed by atoms with E-state index in [0.717, 1.165) is 42.0 Å². The first-order valence-corrected chi connectivity index (χ1v) is 13.3. The molecule has 1 aliphatic carbocycles. The summed E-state index contributed by atoms with van der Waals surface area (Å²) >= 11 is 6.54. The number of anilines is 1. The summed E-state index contributed by atoms with van der Waals surface area (Å²) in [7, 11) is 4.31. The quantitative estimate of drug-likeness (QED) is 0.576. The standard InChI is InChI=1S/C28H38ClN5O2/c1-7-33(22-10-8-21(9-11-22)32(5)6)25-13-20(29)12-23(18(25)3)28(36)30-15-24-19(4)34-16-17(2)31-27(34)14-26(24)35/h12-14,21-22H,7-11,15-16H2,1-6H3,(H,30,36). The molecule has 4 rings (SSSR count). The fourth-order valence-corrected chi connectivity index (χ4v) is 5.95. The predicted octanol–water partition coefficient (Wildman–Crippen LogP) is 4.85. The van der Waals surface area contributed by atoms with Gasteiger partial charge in [0, 0.05) is 64.5 Å². The lowest BCUT2D eigenvalue weighted by atomic mass is 9.89. The van der Waals surface area contributed by atoms with Crippen molar-refractivity contribution in [1.82, 2.24) is 14.8 Å². The molecule has 7 nitrogen and oxygen atoms in total. The van der Waals surface area contributed by atoms with E-state index in [-0.39, 0.29) is 17.9 Å². The molecule has 36 heavy (non-hydrogen) atoms. The number of amides is 1. The van der Waals surface area contributed by atoms with Crippen molar-refractivity contribution in [3.05, 3.63) is 55.8 Å². The van der Waals surface area contributed by atoms with Gasteiger partial charge in [-0.1, -0.05) is 11.6 Å². The first kappa shape index (κ1) is 26.4. The van der Waals surface area contributed by atoms with E-state index in [4.69, 9.17) is 11.6 Å². The lowest BCUT2D eigenvalue weighted by Crippen LogP contribution is -2.42. The Morgan fingerprint density at radius 1 is 1.11 bits per heavy atom. The molecule has 1 aromatic heterocycles. The molecule has 8 heteroatoms. The van der Waals surface area contributed by atoms with Crippen LogP contribution in [0.4, 0.5) is 11.5 Å². The minimum atomic E-state index is -0.222. The highest BCUT2D eigenvalue weighted by Crippen LogP contribution is 2.34. The van der Waals surface area contributed by atoms with Gasteiger partial charge in [-0.05, 0) is 85.2 Å². The van der Waals surface area contributed by atoms with Crippen molar-refractivity contribution in [3.8, 4) is 0 Å². The van der Waals surface area contributed by atoms with Crippen LogP contribution in [0.25, 0.3) is 0 Å². The topological polar surface area (TPSA) is 69.9 Å².